The topological polar surface area (TPSA) is 84.1 Å². The van der Waals surface area contributed by atoms with Crippen molar-refractivity contribution in [1.29, 1.82) is 0 Å². The fourth-order valence-electron chi connectivity index (χ4n) is 4.10. The average molecular weight is 345 g/mol. The molecule has 1 aliphatic carbocycles. The quantitative estimate of drug-likeness (QED) is 0.800. The van der Waals surface area contributed by atoms with Crippen LogP contribution in [0.1, 0.15) is 56.9 Å². The second kappa shape index (κ2) is 9.13. The highest BCUT2D eigenvalue weighted by atomic mass is 16.1. The number of amides is 1. The van der Waals surface area contributed by atoms with Crippen molar-refractivity contribution in [3.63, 3.8) is 0 Å². The lowest BCUT2D eigenvalue weighted by atomic mass is 9.96. The van der Waals surface area contributed by atoms with E-state index in [0.717, 1.165) is 44.6 Å². The molecular formula is C19H31N5O. The van der Waals surface area contributed by atoms with E-state index in [4.69, 9.17) is 5.73 Å². The molecule has 0 bridgehead atoms. The summed E-state index contributed by atoms with van der Waals surface area (Å²) >= 11 is 0. The van der Waals surface area contributed by atoms with Gasteiger partial charge in [-0.15, -0.1) is 0 Å². The van der Waals surface area contributed by atoms with Gasteiger partial charge in [-0.25, -0.2) is 9.97 Å². The molecule has 0 unspecified atom stereocenters. The van der Waals surface area contributed by atoms with Crippen LogP contribution in [-0.4, -0.2) is 40.4 Å². The van der Waals surface area contributed by atoms with Gasteiger partial charge in [-0.1, -0.05) is 25.7 Å². The van der Waals surface area contributed by atoms with Crippen LogP contribution in [0.2, 0.25) is 0 Å². The maximum absolute atomic E-state index is 12.4. The Kier molecular flexibility index (Phi) is 6.62. The molecule has 1 atom stereocenters. The van der Waals surface area contributed by atoms with Crippen molar-refractivity contribution in [2.75, 3.05) is 25.4 Å². The highest BCUT2D eigenvalue weighted by Crippen LogP contribution is 2.23. The molecule has 6 heteroatoms. The molecule has 0 spiro atoms. The molecule has 3 N–H and O–H groups in total. The van der Waals surface area contributed by atoms with E-state index in [1.54, 1.807) is 12.4 Å². The van der Waals surface area contributed by atoms with E-state index in [-0.39, 0.29) is 11.8 Å². The van der Waals surface area contributed by atoms with Gasteiger partial charge in [0.15, 0.2) is 0 Å². The Balaban J connectivity index is 1.43. The normalized spacial score (nSPS) is 23.1. The number of likely N-dealkylation sites (tertiary alicyclic amines) is 1. The van der Waals surface area contributed by atoms with Crippen molar-refractivity contribution < 1.29 is 4.79 Å². The third-order valence-electron chi connectivity index (χ3n) is 5.53. The Morgan fingerprint density at radius 3 is 2.56 bits per heavy atom. The van der Waals surface area contributed by atoms with Crippen LogP contribution in [0.15, 0.2) is 12.4 Å². The summed E-state index contributed by atoms with van der Waals surface area (Å²) in [6.45, 7) is 3.78. The Morgan fingerprint density at radius 2 is 1.84 bits per heavy atom. The number of hydrogen-bond acceptors (Lipinski definition) is 5. The summed E-state index contributed by atoms with van der Waals surface area (Å²) in [7, 11) is 0. The number of nitrogens with zero attached hydrogens (tertiary/aromatic N) is 3. The molecule has 1 aliphatic heterocycles. The van der Waals surface area contributed by atoms with Crippen LogP contribution in [0.4, 0.5) is 5.95 Å². The summed E-state index contributed by atoms with van der Waals surface area (Å²) in [5.41, 5.74) is 6.64. The van der Waals surface area contributed by atoms with Crippen LogP contribution in [0.5, 0.6) is 0 Å². The van der Waals surface area contributed by atoms with Gasteiger partial charge in [0.25, 0.3) is 0 Å². The van der Waals surface area contributed by atoms with Gasteiger partial charge in [0.05, 0.1) is 0 Å². The van der Waals surface area contributed by atoms with Gasteiger partial charge in [-0.3, -0.25) is 9.69 Å². The van der Waals surface area contributed by atoms with Gasteiger partial charge in [0.1, 0.15) is 0 Å². The van der Waals surface area contributed by atoms with Crippen molar-refractivity contribution >= 4 is 11.9 Å². The van der Waals surface area contributed by atoms with Gasteiger partial charge in [0, 0.05) is 43.5 Å². The van der Waals surface area contributed by atoms with E-state index in [1.807, 2.05) is 0 Å². The number of anilines is 1. The molecule has 6 nitrogen and oxygen atoms in total. The smallest absolute Gasteiger partial charge is 0.223 e. The molecule has 1 saturated heterocycles. The monoisotopic (exact) mass is 345 g/mol. The zero-order chi connectivity index (χ0) is 17.5. The number of nitrogens with one attached hydrogen (secondary N) is 1. The average Bonchev–Trinajstić information content (AvgIpc) is 2.91. The molecule has 2 aliphatic rings. The van der Waals surface area contributed by atoms with Crippen molar-refractivity contribution in [1.82, 2.24) is 20.2 Å². The first-order valence-corrected chi connectivity index (χ1v) is 9.77. The molecule has 1 saturated carbocycles. The lowest BCUT2D eigenvalue weighted by Gasteiger charge is -2.33. The number of nitrogen functional groups attached to an aromatic ring is 1. The summed E-state index contributed by atoms with van der Waals surface area (Å²) < 4.78 is 0. The molecule has 3 rings (SSSR count). The predicted molar refractivity (Wildman–Crippen MR) is 98.6 cm³/mol. The second-order valence-corrected chi connectivity index (χ2v) is 7.63. The summed E-state index contributed by atoms with van der Waals surface area (Å²) in [5.74, 6) is 1.39. The zero-order valence-electron chi connectivity index (χ0n) is 15.1. The molecule has 138 valence electrons. The highest BCUT2D eigenvalue weighted by Gasteiger charge is 2.23. The Bertz CT molecular complexity index is 539. The first-order chi connectivity index (χ1) is 12.2. The maximum atomic E-state index is 12.4. The number of hydrogen-bond donors (Lipinski definition) is 2. The molecule has 1 amide bonds. The number of piperidine rings is 1. The molecular weight excluding hydrogens is 314 g/mol. The van der Waals surface area contributed by atoms with E-state index in [1.165, 1.54) is 38.5 Å². The maximum Gasteiger partial charge on any atom is 0.223 e. The van der Waals surface area contributed by atoms with Crippen LogP contribution in [0.25, 0.3) is 0 Å². The van der Waals surface area contributed by atoms with Crippen molar-refractivity contribution in [3.05, 3.63) is 18.0 Å². The van der Waals surface area contributed by atoms with Gasteiger partial charge in [-0.2, -0.15) is 0 Å². The molecule has 2 fully saturated rings. The van der Waals surface area contributed by atoms with E-state index < -0.39 is 0 Å². The minimum Gasteiger partial charge on any atom is -0.368 e. The number of aromatic nitrogens is 2. The molecule has 25 heavy (non-hydrogen) atoms. The van der Waals surface area contributed by atoms with Crippen LogP contribution in [0, 0.1) is 11.8 Å². The molecule has 0 radical (unpaired) electrons. The molecule has 0 aromatic carbocycles. The highest BCUT2D eigenvalue weighted by molar-refractivity contribution is 5.78. The Morgan fingerprint density at radius 1 is 1.12 bits per heavy atom. The fourth-order valence-corrected chi connectivity index (χ4v) is 4.10. The minimum atomic E-state index is 0.245. The van der Waals surface area contributed by atoms with Gasteiger partial charge in [-0.05, 0) is 38.1 Å². The van der Waals surface area contributed by atoms with E-state index in [2.05, 4.69) is 20.2 Å². The number of rotatable bonds is 5. The lowest BCUT2D eigenvalue weighted by Crippen LogP contribution is -2.42. The number of carbonyl (C=O) groups is 1. The Labute approximate surface area is 150 Å². The molecule has 1 aromatic rings. The summed E-state index contributed by atoms with van der Waals surface area (Å²) in [4.78, 5) is 23.0. The van der Waals surface area contributed by atoms with E-state index in [0.29, 0.717) is 11.9 Å². The van der Waals surface area contributed by atoms with Crippen molar-refractivity contribution in [3.8, 4) is 0 Å². The van der Waals surface area contributed by atoms with Crippen LogP contribution in [-0.2, 0) is 11.3 Å². The third-order valence-corrected chi connectivity index (χ3v) is 5.53. The van der Waals surface area contributed by atoms with Crippen molar-refractivity contribution in [2.24, 2.45) is 11.8 Å². The summed E-state index contributed by atoms with van der Waals surface area (Å²) in [6, 6.07) is 0. The number of nitrogens with two attached hydrogens (primary N) is 1. The first kappa shape index (κ1) is 18.1. The van der Waals surface area contributed by atoms with Crippen molar-refractivity contribution in [2.45, 2.75) is 57.9 Å². The van der Waals surface area contributed by atoms with Crippen LogP contribution >= 0.6 is 0 Å². The summed E-state index contributed by atoms with van der Waals surface area (Å²) in [5, 5.41) is 3.23. The first-order valence-electron chi connectivity index (χ1n) is 9.77. The predicted octanol–water partition coefficient (Wildman–Crippen LogP) is 2.36. The summed E-state index contributed by atoms with van der Waals surface area (Å²) in [6.07, 6.45) is 13.1. The Hall–Kier alpha value is -1.69. The SMILES string of the molecule is Nc1ncc(CN2CCC[C@H](CNC(=O)C3CCCCCC3)C2)cn1. The van der Waals surface area contributed by atoms with Gasteiger partial charge < -0.3 is 11.1 Å². The molecule has 2 heterocycles. The fraction of sp³-hybridized carbons (Fsp3) is 0.737. The lowest BCUT2D eigenvalue weighted by molar-refractivity contribution is -0.125. The van der Waals surface area contributed by atoms with Crippen LogP contribution in [0.3, 0.4) is 0 Å². The largest absolute Gasteiger partial charge is 0.368 e. The minimum absolute atomic E-state index is 0.245. The van der Waals surface area contributed by atoms with E-state index in [9.17, 15) is 4.79 Å². The third kappa shape index (κ3) is 5.66. The van der Waals surface area contributed by atoms with Crippen LogP contribution < -0.4 is 11.1 Å². The van der Waals surface area contributed by atoms with Gasteiger partial charge in [0.2, 0.25) is 11.9 Å². The standard InChI is InChI=1S/C19H31N5O/c20-19-22-11-16(12-23-19)14-24-9-5-6-15(13-24)10-21-18(25)17-7-3-1-2-4-8-17/h11-12,15,17H,1-10,13-14H2,(H,21,25)(H2,20,22,23)/t15-/m1/s1. The second-order valence-electron chi connectivity index (χ2n) is 7.63. The zero-order valence-corrected chi connectivity index (χ0v) is 15.1. The van der Waals surface area contributed by atoms with E-state index >= 15 is 0 Å². The number of carbonyl (C=O) groups excluding carboxylic acids is 1. The van der Waals surface area contributed by atoms with Gasteiger partial charge >= 0.3 is 0 Å². The molecule has 1 aromatic heterocycles.